The molecule has 1 unspecified atom stereocenters. The van der Waals surface area contributed by atoms with Gasteiger partial charge in [-0.1, -0.05) is 109 Å². The van der Waals surface area contributed by atoms with Crippen molar-refractivity contribution < 1.29 is 0 Å². The van der Waals surface area contributed by atoms with Crippen molar-refractivity contribution in [2.45, 2.75) is 12.3 Å². The number of nitrogens with one attached hydrogen (secondary N) is 1. The zero-order valence-electron chi connectivity index (χ0n) is 16.5. The predicted octanol–water partition coefficient (Wildman–Crippen LogP) is 7.97. The topological polar surface area (TPSA) is 12.0 Å². The van der Waals surface area contributed by atoms with Crippen LogP contribution in [-0.2, 0) is 0 Å². The van der Waals surface area contributed by atoms with Gasteiger partial charge in [-0.2, -0.15) is 0 Å². The van der Waals surface area contributed by atoms with Crippen LogP contribution in [0.15, 0.2) is 109 Å². The van der Waals surface area contributed by atoms with Gasteiger partial charge < -0.3 is 5.32 Å². The standard InChI is InChI=1S/C27H22ClNS/c28-24-15-11-23(12-16-24)26(22-9-5-2-6-10-22)19-27(30)29-25-17-13-21(14-18-25)20-7-3-1-4-8-20/h1-18,26H,19H2,(H,29,30). The summed E-state index contributed by atoms with van der Waals surface area (Å²) in [5.74, 6) is 0.173. The summed E-state index contributed by atoms with van der Waals surface area (Å²) in [4.78, 5) is 0.811. The third-order valence-electron chi connectivity index (χ3n) is 5.14. The van der Waals surface area contributed by atoms with Crippen molar-refractivity contribution in [3.63, 3.8) is 0 Å². The molecule has 0 aromatic heterocycles. The Hall–Kier alpha value is -2.94. The lowest BCUT2D eigenvalue weighted by atomic mass is 9.88. The largest absolute Gasteiger partial charge is 0.350 e. The van der Waals surface area contributed by atoms with E-state index in [1.807, 2.05) is 24.3 Å². The van der Waals surface area contributed by atoms with Gasteiger partial charge in [0, 0.05) is 23.0 Å². The first-order valence-electron chi connectivity index (χ1n) is 9.95. The molecule has 1 atom stereocenters. The highest BCUT2D eigenvalue weighted by Gasteiger charge is 2.16. The lowest BCUT2D eigenvalue weighted by Crippen LogP contribution is -2.14. The first-order chi connectivity index (χ1) is 14.7. The number of thiocarbonyl (C=S) groups is 1. The van der Waals surface area contributed by atoms with E-state index in [4.69, 9.17) is 23.8 Å². The summed E-state index contributed by atoms with van der Waals surface area (Å²) < 4.78 is 0. The molecule has 4 aromatic rings. The van der Waals surface area contributed by atoms with E-state index in [1.165, 1.54) is 22.3 Å². The molecular weight excluding hydrogens is 406 g/mol. The maximum atomic E-state index is 6.09. The first-order valence-corrected chi connectivity index (χ1v) is 10.7. The molecule has 0 amide bonds. The molecule has 0 fully saturated rings. The van der Waals surface area contributed by atoms with Crippen LogP contribution in [0.1, 0.15) is 23.5 Å². The highest BCUT2D eigenvalue weighted by atomic mass is 35.5. The van der Waals surface area contributed by atoms with Crippen LogP contribution >= 0.6 is 23.8 Å². The molecule has 0 saturated carbocycles. The fraction of sp³-hybridized carbons (Fsp3) is 0.0741. The van der Waals surface area contributed by atoms with E-state index in [0.717, 1.165) is 22.1 Å². The normalized spacial score (nSPS) is 11.6. The Morgan fingerprint density at radius 1 is 0.667 bits per heavy atom. The van der Waals surface area contributed by atoms with Gasteiger partial charge in [-0.15, -0.1) is 0 Å². The minimum atomic E-state index is 0.173. The average Bonchev–Trinajstić information content (AvgIpc) is 2.80. The number of halogens is 1. The number of rotatable bonds is 6. The van der Waals surface area contributed by atoms with Gasteiger partial charge >= 0.3 is 0 Å². The lowest BCUT2D eigenvalue weighted by molar-refractivity contribution is 0.861. The van der Waals surface area contributed by atoms with Crippen LogP contribution in [0.3, 0.4) is 0 Å². The van der Waals surface area contributed by atoms with Gasteiger partial charge in [0.2, 0.25) is 0 Å². The second-order valence-electron chi connectivity index (χ2n) is 7.21. The molecule has 0 aliphatic rings. The summed E-state index contributed by atoms with van der Waals surface area (Å²) >= 11 is 11.8. The Bertz CT molecular complexity index is 1090. The van der Waals surface area contributed by atoms with Crippen LogP contribution in [0, 0.1) is 0 Å². The quantitative estimate of drug-likeness (QED) is 0.313. The summed E-state index contributed by atoms with van der Waals surface area (Å²) in [6.45, 7) is 0. The molecule has 0 aliphatic heterocycles. The Morgan fingerprint density at radius 3 is 1.83 bits per heavy atom. The zero-order valence-corrected chi connectivity index (χ0v) is 18.0. The van der Waals surface area contributed by atoms with Crippen LogP contribution in [0.2, 0.25) is 5.02 Å². The Labute approximate surface area is 188 Å². The lowest BCUT2D eigenvalue weighted by Gasteiger charge is -2.19. The average molecular weight is 428 g/mol. The number of anilines is 1. The van der Waals surface area contributed by atoms with Gasteiger partial charge in [0.05, 0.1) is 4.99 Å². The molecule has 4 aromatic carbocycles. The van der Waals surface area contributed by atoms with Gasteiger partial charge in [-0.25, -0.2) is 0 Å². The molecule has 0 spiro atoms. The molecule has 148 valence electrons. The van der Waals surface area contributed by atoms with Crippen LogP contribution in [-0.4, -0.2) is 4.99 Å². The molecule has 1 nitrogen and oxygen atoms in total. The molecule has 4 rings (SSSR count). The molecule has 0 bridgehead atoms. The second kappa shape index (κ2) is 9.71. The van der Waals surface area contributed by atoms with Gasteiger partial charge in [0.1, 0.15) is 0 Å². The maximum absolute atomic E-state index is 6.09. The monoisotopic (exact) mass is 427 g/mol. The zero-order chi connectivity index (χ0) is 20.8. The number of hydrogen-bond donors (Lipinski definition) is 1. The summed E-state index contributed by atoms with van der Waals surface area (Å²) in [5.41, 5.74) is 5.84. The molecule has 0 heterocycles. The third-order valence-corrected chi connectivity index (χ3v) is 5.66. The SMILES string of the molecule is S=C(CC(c1ccccc1)c1ccc(Cl)cc1)Nc1ccc(-c2ccccc2)cc1. The van der Waals surface area contributed by atoms with Gasteiger partial charge in [-0.3, -0.25) is 0 Å². The molecule has 0 radical (unpaired) electrons. The molecular formula is C27H22ClNS. The fourth-order valence-corrected chi connectivity index (χ4v) is 3.99. The number of hydrogen-bond acceptors (Lipinski definition) is 1. The molecule has 0 aliphatic carbocycles. The van der Waals surface area contributed by atoms with Crippen molar-refractivity contribution in [1.82, 2.24) is 0 Å². The van der Waals surface area contributed by atoms with E-state index in [9.17, 15) is 0 Å². The third kappa shape index (κ3) is 5.15. The number of benzene rings is 4. The second-order valence-corrected chi connectivity index (χ2v) is 8.14. The van der Waals surface area contributed by atoms with Crippen LogP contribution in [0.4, 0.5) is 5.69 Å². The van der Waals surface area contributed by atoms with Crippen LogP contribution in [0.5, 0.6) is 0 Å². The smallest absolute Gasteiger partial charge is 0.0806 e. The molecule has 3 heteroatoms. The Balaban J connectivity index is 1.49. The Morgan fingerprint density at radius 2 is 1.20 bits per heavy atom. The van der Waals surface area contributed by atoms with Gasteiger partial charge in [0.15, 0.2) is 0 Å². The summed E-state index contributed by atoms with van der Waals surface area (Å²) in [6.07, 6.45) is 0.724. The van der Waals surface area contributed by atoms with Crippen molar-refractivity contribution in [1.29, 1.82) is 0 Å². The van der Waals surface area contributed by atoms with Crippen molar-refractivity contribution in [3.8, 4) is 11.1 Å². The van der Waals surface area contributed by atoms with E-state index < -0.39 is 0 Å². The minimum Gasteiger partial charge on any atom is -0.350 e. The maximum Gasteiger partial charge on any atom is 0.0806 e. The van der Waals surface area contributed by atoms with Gasteiger partial charge in [0.25, 0.3) is 0 Å². The van der Waals surface area contributed by atoms with Crippen LogP contribution < -0.4 is 5.32 Å². The minimum absolute atomic E-state index is 0.173. The van der Waals surface area contributed by atoms with Gasteiger partial charge in [-0.05, 0) is 46.5 Å². The van der Waals surface area contributed by atoms with Crippen molar-refractivity contribution in [3.05, 3.63) is 125 Å². The fourth-order valence-electron chi connectivity index (χ4n) is 3.58. The van der Waals surface area contributed by atoms with E-state index >= 15 is 0 Å². The van der Waals surface area contributed by atoms with Crippen molar-refractivity contribution >= 4 is 34.5 Å². The van der Waals surface area contributed by atoms with E-state index in [2.05, 4.69) is 90.2 Å². The Kier molecular flexibility index (Phi) is 6.58. The highest BCUT2D eigenvalue weighted by molar-refractivity contribution is 7.80. The van der Waals surface area contributed by atoms with Crippen molar-refractivity contribution in [2.24, 2.45) is 0 Å². The molecule has 30 heavy (non-hydrogen) atoms. The highest BCUT2D eigenvalue weighted by Crippen LogP contribution is 2.30. The van der Waals surface area contributed by atoms with Crippen molar-refractivity contribution in [2.75, 3.05) is 5.32 Å². The summed E-state index contributed by atoms with van der Waals surface area (Å²) in [6, 6.07) is 37.3. The summed E-state index contributed by atoms with van der Waals surface area (Å²) in [5, 5.41) is 4.15. The van der Waals surface area contributed by atoms with E-state index in [1.54, 1.807) is 0 Å². The first kappa shape index (κ1) is 20.3. The molecule has 0 saturated heterocycles. The predicted molar refractivity (Wildman–Crippen MR) is 132 cm³/mol. The molecule has 1 N–H and O–H groups in total. The van der Waals surface area contributed by atoms with Crippen LogP contribution in [0.25, 0.3) is 11.1 Å². The summed E-state index contributed by atoms with van der Waals surface area (Å²) in [7, 11) is 0. The van der Waals surface area contributed by atoms with E-state index in [0.29, 0.717) is 0 Å². The van der Waals surface area contributed by atoms with E-state index in [-0.39, 0.29) is 5.92 Å².